The SMILES string of the molecule is CSc1ccc(C(=O)N2CC(CN)CC2C)cc1. The molecule has 0 saturated carbocycles. The highest BCUT2D eigenvalue weighted by atomic mass is 32.2. The van der Waals surface area contributed by atoms with Crippen molar-refractivity contribution in [2.24, 2.45) is 11.7 Å². The van der Waals surface area contributed by atoms with Crippen LogP contribution in [0.1, 0.15) is 23.7 Å². The molecule has 2 unspecified atom stereocenters. The molecule has 1 aromatic rings. The van der Waals surface area contributed by atoms with Crippen LogP contribution in [0.5, 0.6) is 0 Å². The van der Waals surface area contributed by atoms with E-state index in [2.05, 4.69) is 6.92 Å². The number of rotatable bonds is 3. The lowest BCUT2D eigenvalue weighted by Gasteiger charge is -2.21. The summed E-state index contributed by atoms with van der Waals surface area (Å²) in [5.41, 5.74) is 6.47. The van der Waals surface area contributed by atoms with E-state index in [0.717, 1.165) is 18.5 Å². The molecule has 2 atom stereocenters. The molecule has 0 radical (unpaired) electrons. The maximum atomic E-state index is 12.4. The molecule has 98 valence electrons. The molecule has 2 N–H and O–H groups in total. The van der Waals surface area contributed by atoms with Crippen molar-refractivity contribution in [3.8, 4) is 0 Å². The van der Waals surface area contributed by atoms with Gasteiger partial charge in [0.25, 0.3) is 5.91 Å². The maximum Gasteiger partial charge on any atom is 0.254 e. The van der Waals surface area contributed by atoms with Gasteiger partial charge < -0.3 is 10.6 Å². The Labute approximate surface area is 113 Å². The van der Waals surface area contributed by atoms with Gasteiger partial charge in [-0.2, -0.15) is 0 Å². The highest BCUT2D eigenvalue weighted by molar-refractivity contribution is 7.98. The standard InChI is InChI=1S/C14H20N2OS/c1-10-7-11(8-15)9-16(10)14(17)12-3-5-13(18-2)6-4-12/h3-6,10-11H,7-9,15H2,1-2H3. The summed E-state index contributed by atoms with van der Waals surface area (Å²) in [5.74, 6) is 0.584. The molecule has 0 aromatic heterocycles. The highest BCUT2D eigenvalue weighted by Crippen LogP contribution is 2.24. The van der Waals surface area contributed by atoms with Crippen LogP contribution in [0.2, 0.25) is 0 Å². The zero-order valence-corrected chi connectivity index (χ0v) is 11.7. The van der Waals surface area contributed by atoms with Crippen molar-refractivity contribution in [3.63, 3.8) is 0 Å². The van der Waals surface area contributed by atoms with E-state index in [1.807, 2.05) is 35.4 Å². The molecule has 1 aliphatic heterocycles. The molecule has 0 spiro atoms. The molecular weight excluding hydrogens is 244 g/mol. The lowest BCUT2D eigenvalue weighted by atomic mass is 10.1. The van der Waals surface area contributed by atoms with Crippen LogP contribution in [0.4, 0.5) is 0 Å². The number of amides is 1. The average Bonchev–Trinajstić information content (AvgIpc) is 2.79. The summed E-state index contributed by atoms with van der Waals surface area (Å²) in [6.07, 6.45) is 3.05. The number of nitrogens with two attached hydrogens (primary N) is 1. The van der Waals surface area contributed by atoms with E-state index in [-0.39, 0.29) is 5.91 Å². The van der Waals surface area contributed by atoms with Gasteiger partial charge in [-0.3, -0.25) is 4.79 Å². The minimum Gasteiger partial charge on any atom is -0.336 e. The monoisotopic (exact) mass is 264 g/mol. The van der Waals surface area contributed by atoms with E-state index in [9.17, 15) is 4.79 Å². The quantitative estimate of drug-likeness (QED) is 0.852. The minimum atomic E-state index is 0.131. The summed E-state index contributed by atoms with van der Waals surface area (Å²) >= 11 is 1.68. The van der Waals surface area contributed by atoms with Crippen molar-refractivity contribution < 1.29 is 4.79 Å². The van der Waals surface area contributed by atoms with Gasteiger partial charge in [0.15, 0.2) is 0 Å². The lowest BCUT2D eigenvalue weighted by Crippen LogP contribution is -2.34. The topological polar surface area (TPSA) is 46.3 Å². The van der Waals surface area contributed by atoms with Gasteiger partial charge in [-0.15, -0.1) is 11.8 Å². The maximum absolute atomic E-state index is 12.4. The number of thioether (sulfide) groups is 1. The second-order valence-electron chi connectivity index (χ2n) is 4.87. The molecule has 18 heavy (non-hydrogen) atoms. The van der Waals surface area contributed by atoms with Gasteiger partial charge in [-0.25, -0.2) is 0 Å². The summed E-state index contributed by atoms with van der Waals surface area (Å²) in [4.78, 5) is 15.5. The molecule has 1 saturated heterocycles. The van der Waals surface area contributed by atoms with Gasteiger partial charge >= 0.3 is 0 Å². The Morgan fingerprint density at radius 3 is 2.61 bits per heavy atom. The third kappa shape index (κ3) is 2.70. The van der Waals surface area contributed by atoms with E-state index in [1.54, 1.807) is 11.8 Å². The zero-order valence-electron chi connectivity index (χ0n) is 10.9. The van der Waals surface area contributed by atoms with Crippen molar-refractivity contribution in [1.82, 2.24) is 4.90 Å². The van der Waals surface area contributed by atoms with Crippen molar-refractivity contribution in [1.29, 1.82) is 0 Å². The molecule has 4 heteroatoms. The Balaban J connectivity index is 2.11. The summed E-state index contributed by atoms with van der Waals surface area (Å²) in [7, 11) is 0. The fourth-order valence-electron chi connectivity index (χ4n) is 2.50. The Morgan fingerprint density at radius 1 is 1.44 bits per heavy atom. The number of hydrogen-bond acceptors (Lipinski definition) is 3. The van der Waals surface area contributed by atoms with E-state index < -0.39 is 0 Å². The molecule has 1 amide bonds. The lowest BCUT2D eigenvalue weighted by molar-refractivity contribution is 0.0743. The predicted octanol–water partition coefficient (Wildman–Crippen LogP) is 2.22. The Hall–Kier alpha value is -1.00. The van der Waals surface area contributed by atoms with Crippen LogP contribution in [-0.2, 0) is 0 Å². The van der Waals surface area contributed by atoms with Crippen LogP contribution >= 0.6 is 11.8 Å². The van der Waals surface area contributed by atoms with Crippen molar-refractivity contribution in [2.45, 2.75) is 24.3 Å². The third-order valence-corrected chi connectivity index (χ3v) is 4.34. The molecule has 0 bridgehead atoms. The van der Waals surface area contributed by atoms with Crippen LogP contribution in [0.15, 0.2) is 29.2 Å². The Morgan fingerprint density at radius 2 is 2.11 bits per heavy atom. The van der Waals surface area contributed by atoms with Gasteiger partial charge in [-0.05, 0) is 56.3 Å². The van der Waals surface area contributed by atoms with Gasteiger partial charge in [-0.1, -0.05) is 0 Å². The Kier molecular flexibility index (Phi) is 4.30. The fourth-order valence-corrected chi connectivity index (χ4v) is 2.90. The molecular formula is C14H20N2OS. The first-order valence-corrected chi connectivity index (χ1v) is 7.53. The number of carbonyl (C=O) groups excluding carboxylic acids is 1. The summed E-state index contributed by atoms with van der Waals surface area (Å²) < 4.78 is 0. The molecule has 1 fully saturated rings. The first-order valence-electron chi connectivity index (χ1n) is 6.30. The van der Waals surface area contributed by atoms with Crippen LogP contribution < -0.4 is 5.73 Å². The van der Waals surface area contributed by atoms with Crippen LogP contribution in [0, 0.1) is 5.92 Å². The number of likely N-dealkylation sites (tertiary alicyclic amines) is 1. The predicted molar refractivity (Wildman–Crippen MR) is 75.9 cm³/mol. The second-order valence-corrected chi connectivity index (χ2v) is 5.75. The molecule has 3 nitrogen and oxygen atoms in total. The highest BCUT2D eigenvalue weighted by Gasteiger charge is 2.31. The molecule has 1 aromatic carbocycles. The molecule has 2 rings (SSSR count). The minimum absolute atomic E-state index is 0.131. The zero-order chi connectivity index (χ0) is 13.1. The third-order valence-electron chi connectivity index (χ3n) is 3.59. The second kappa shape index (κ2) is 5.76. The summed E-state index contributed by atoms with van der Waals surface area (Å²) in [6, 6.07) is 8.12. The fraction of sp³-hybridized carbons (Fsp3) is 0.500. The summed E-state index contributed by atoms with van der Waals surface area (Å²) in [5, 5.41) is 0. The van der Waals surface area contributed by atoms with Crippen molar-refractivity contribution >= 4 is 17.7 Å². The average molecular weight is 264 g/mol. The number of hydrogen-bond donors (Lipinski definition) is 1. The van der Waals surface area contributed by atoms with Crippen LogP contribution in [0.25, 0.3) is 0 Å². The van der Waals surface area contributed by atoms with Crippen LogP contribution in [-0.4, -0.2) is 36.2 Å². The van der Waals surface area contributed by atoms with Crippen molar-refractivity contribution in [3.05, 3.63) is 29.8 Å². The van der Waals surface area contributed by atoms with E-state index in [0.29, 0.717) is 18.5 Å². The normalized spacial score (nSPS) is 23.4. The van der Waals surface area contributed by atoms with Gasteiger partial charge in [0.2, 0.25) is 0 Å². The van der Waals surface area contributed by atoms with E-state index in [4.69, 9.17) is 5.73 Å². The molecule has 0 aliphatic carbocycles. The van der Waals surface area contributed by atoms with E-state index >= 15 is 0 Å². The van der Waals surface area contributed by atoms with Gasteiger partial charge in [0, 0.05) is 23.0 Å². The van der Waals surface area contributed by atoms with E-state index in [1.165, 1.54) is 4.90 Å². The number of nitrogens with zero attached hydrogens (tertiary/aromatic N) is 1. The summed E-state index contributed by atoms with van der Waals surface area (Å²) in [6.45, 7) is 3.56. The Bertz CT molecular complexity index is 418. The molecule has 1 aliphatic rings. The van der Waals surface area contributed by atoms with Crippen molar-refractivity contribution in [2.75, 3.05) is 19.3 Å². The smallest absolute Gasteiger partial charge is 0.254 e. The first-order chi connectivity index (χ1) is 8.65. The molecule has 1 heterocycles. The largest absolute Gasteiger partial charge is 0.336 e. The first kappa shape index (κ1) is 13.4. The van der Waals surface area contributed by atoms with Gasteiger partial charge in [0.05, 0.1) is 0 Å². The van der Waals surface area contributed by atoms with Gasteiger partial charge in [0.1, 0.15) is 0 Å². The van der Waals surface area contributed by atoms with Crippen LogP contribution in [0.3, 0.4) is 0 Å². The number of benzene rings is 1. The number of carbonyl (C=O) groups is 1.